The summed E-state index contributed by atoms with van der Waals surface area (Å²) >= 11 is 2.74. The van der Waals surface area contributed by atoms with E-state index in [1.165, 1.54) is 23.1 Å². The van der Waals surface area contributed by atoms with Crippen molar-refractivity contribution >= 4 is 34.1 Å². The Labute approximate surface area is 164 Å². The van der Waals surface area contributed by atoms with E-state index in [4.69, 9.17) is 9.15 Å². The van der Waals surface area contributed by atoms with Crippen LogP contribution in [0.15, 0.2) is 33.5 Å². The van der Waals surface area contributed by atoms with Crippen LogP contribution in [0.2, 0.25) is 0 Å². The fraction of sp³-hybridized carbons (Fsp3) is 0.412. The van der Waals surface area contributed by atoms with Crippen LogP contribution in [0.25, 0.3) is 11.4 Å². The number of hydrogen-bond acceptors (Lipinski definition) is 8. The number of aryl methyl sites for hydroxylation is 1. The molecule has 10 heteroatoms. The molecule has 27 heavy (non-hydrogen) atoms. The lowest BCUT2D eigenvalue weighted by atomic mass is 10.2. The second-order valence-corrected chi connectivity index (χ2v) is 7.95. The van der Waals surface area contributed by atoms with Gasteiger partial charge in [0, 0.05) is 18.2 Å². The van der Waals surface area contributed by atoms with Crippen LogP contribution < -0.4 is 5.32 Å². The average molecular weight is 406 g/mol. The van der Waals surface area contributed by atoms with E-state index in [0.717, 1.165) is 36.6 Å². The Bertz CT molecular complexity index is 900. The zero-order valence-electron chi connectivity index (χ0n) is 14.8. The van der Waals surface area contributed by atoms with Gasteiger partial charge in [0.05, 0.1) is 30.2 Å². The van der Waals surface area contributed by atoms with Crippen molar-refractivity contribution in [3.8, 4) is 11.4 Å². The Morgan fingerprint density at radius 3 is 3.11 bits per heavy atom. The number of amides is 1. The molecule has 0 spiro atoms. The highest BCUT2D eigenvalue weighted by Gasteiger charge is 2.23. The maximum absolute atomic E-state index is 12.2. The highest BCUT2D eigenvalue weighted by Crippen LogP contribution is 2.29. The zero-order chi connectivity index (χ0) is 18.6. The van der Waals surface area contributed by atoms with Gasteiger partial charge in [0.25, 0.3) is 0 Å². The van der Waals surface area contributed by atoms with Crippen molar-refractivity contribution in [2.75, 3.05) is 17.7 Å². The van der Waals surface area contributed by atoms with Gasteiger partial charge in [-0.3, -0.25) is 9.36 Å². The molecule has 0 saturated carbocycles. The number of furan rings is 1. The zero-order valence-corrected chi connectivity index (χ0v) is 16.4. The monoisotopic (exact) mass is 405 g/mol. The van der Waals surface area contributed by atoms with Crippen molar-refractivity contribution < 1.29 is 13.9 Å². The molecule has 1 aliphatic heterocycles. The van der Waals surface area contributed by atoms with E-state index >= 15 is 0 Å². The summed E-state index contributed by atoms with van der Waals surface area (Å²) in [6.07, 6.45) is 5.51. The first kappa shape index (κ1) is 18.2. The molecule has 1 saturated heterocycles. The summed E-state index contributed by atoms with van der Waals surface area (Å²) in [7, 11) is 0. The number of rotatable bonds is 7. The van der Waals surface area contributed by atoms with Gasteiger partial charge in [0.1, 0.15) is 5.76 Å². The molecular formula is C17H19N5O3S2. The minimum atomic E-state index is -0.123. The molecular weight excluding hydrogens is 386 g/mol. The number of nitrogens with zero attached hydrogens (tertiary/aromatic N) is 4. The van der Waals surface area contributed by atoms with Gasteiger partial charge in [-0.2, -0.15) is 0 Å². The standard InChI is InChI=1S/C17H19N5O3S2/c1-11-13(4-7-24-11)15-20-21-17(22(15)9-12-3-2-6-25-12)27-10-14(23)19-16-18-5-8-26-16/h4-5,7-8,12H,2-3,6,9-10H2,1H3,(H,18,19,23)/t12-/m0/s1. The lowest BCUT2D eigenvalue weighted by Gasteiger charge is -2.14. The Kier molecular flexibility index (Phi) is 5.55. The summed E-state index contributed by atoms with van der Waals surface area (Å²) in [6, 6.07) is 1.88. The molecule has 4 heterocycles. The van der Waals surface area contributed by atoms with Crippen LogP contribution in [0.1, 0.15) is 18.6 Å². The quantitative estimate of drug-likeness (QED) is 0.603. The topological polar surface area (TPSA) is 95.1 Å². The molecule has 0 unspecified atom stereocenters. The molecule has 3 aromatic rings. The summed E-state index contributed by atoms with van der Waals surface area (Å²) < 4.78 is 13.2. The Morgan fingerprint density at radius 2 is 2.41 bits per heavy atom. The van der Waals surface area contributed by atoms with Crippen LogP contribution in [0.3, 0.4) is 0 Å². The fourth-order valence-electron chi connectivity index (χ4n) is 2.94. The predicted octanol–water partition coefficient (Wildman–Crippen LogP) is 3.21. The third kappa shape index (κ3) is 4.23. The molecule has 1 fully saturated rings. The molecule has 4 rings (SSSR count). The van der Waals surface area contributed by atoms with Crippen LogP contribution in [0.5, 0.6) is 0 Å². The van der Waals surface area contributed by atoms with Crippen molar-refractivity contribution in [2.24, 2.45) is 0 Å². The van der Waals surface area contributed by atoms with Crippen molar-refractivity contribution in [1.82, 2.24) is 19.7 Å². The summed E-state index contributed by atoms with van der Waals surface area (Å²) in [5.41, 5.74) is 0.902. The Hall–Kier alpha value is -2.17. The lowest BCUT2D eigenvalue weighted by molar-refractivity contribution is -0.113. The smallest absolute Gasteiger partial charge is 0.236 e. The first-order valence-corrected chi connectivity index (χ1v) is 10.5. The van der Waals surface area contributed by atoms with Gasteiger partial charge in [-0.1, -0.05) is 11.8 Å². The molecule has 0 aliphatic carbocycles. The number of ether oxygens (including phenoxy) is 1. The van der Waals surface area contributed by atoms with Crippen molar-refractivity contribution in [1.29, 1.82) is 0 Å². The second kappa shape index (κ2) is 8.24. The van der Waals surface area contributed by atoms with Crippen LogP contribution >= 0.6 is 23.1 Å². The van der Waals surface area contributed by atoms with Crippen molar-refractivity contribution in [3.63, 3.8) is 0 Å². The van der Waals surface area contributed by atoms with Crippen LogP contribution in [0, 0.1) is 6.92 Å². The van der Waals surface area contributed by atoms with Gasteiger partial charge < -0.3 is 14.5 Å². The summed E-state index contributed by atoms with van der Waals surface area (Å²) in [5.74, 6) is 1.63. The molecule has 0 bridgehead atoms. The van der Waals surface area contributed by atoms with Crippen LogP contribution in [-0.4, -0.2) is 44.1 Å². The summed E-state index contributed by atoms with van der Waals surface area (Å²) in [4.78, 5) is 16.2. The number of nitrogens with one attached hydrogen (secondary N) is 1. The summed E-state index contributed by atoms with van der Waals surface area (Å²) in [6.45, 7) is 3.34. The maximum Gasteiger partial charge on any atom is 0.236 e. The largest absolute Gasteiger partial charge is 0.469 e. The number of anilines is 1. The fourth-order valence-corrected chi connectivity index (χ4v) is 4.23. The van der Waals surface area contributed by atoms with Gasteiger partial charge in [-0.25, -0.2) is 4.98 Å². The van der Waals surface area contributed by atoms with E-state index in [-0.39, 0.29) is 17.8 Å². The van der Waals surface area contributed by atoms with Crippen molar-refractivity contribution in [3.05, 3.63) is 29.7 Å². The number of thioether (sulfide) groups is 1. The van der Waals surface area contributed by atoms with Gasteiger partial charge in [0.2, 0.25) is 5.91 Å². The van der Waals surface area contributed by atoms with Gasteiger partial charge in [0.15, 0.2) is 16.1 Å². The average Bonchev–Trinajstić information content (AvgIpc) is 3.42. The van der Waals surface area contributed by atoms with E-state index < -0.39 is 0 Å². The Morgan fingerprint density at radius 1 is 1.48 bits per heavy atom. The molecule has 1 N–H and O–H groups in total. The molecule has 0 radical (unpaired) electrons. The van der Waals surface area contributed by atoms with Gasteiger partial charge in [-0.15, -0.1) is 21.5 Å². The van der Waals surface area contributed by atoms with Crippen LogP contribution in [0.4, 0.5) is 5.13 Å². The number of aromatic nitrogens is 4. The normalized spacial score (nSPS) is 16.7. The summed E-state index contributed by atoms with van der Waals surface area (Å²) in [5, 5.41) is 14.5. The molecule has 142 valence electrons. The van der Waals surface area contributed by atoms with Crippen LogP contribution in [-0.2, 0) is 16.1 Å². The molecule has 0 aromatic carbocycles. The van der Waals surface area contributed by atoms with Gasteiger partial charge in [-0.05, 0) is 25.8 Å². The Balaban J connectivity index is 1.51. The van der Waals surface area contributed by atoms with E-state index in [0.29, 0.717) is 16.8 Å². The van der Waals surface area contributed by atoms with Gasteiger partial charge >= 0.3 is 0 Å². The molecule has 1 amide bonds. The number of thiazole rings is 1. The minimum Gasteiger partial charge on any atom is -0.469 e. The predicted molar refractivity (Wildman–Crippen MR) is 103 cm³/mol. The van der Waals surface area contributed by atoms with E-state index in [9.17, 15) is 4.79 Å². The first-order valence-electron chi connectivity index (χ1n) is 8.62. The SMILES string of the molecule is Cc1occc1-c1nnc(SCC(=O)Nc2nccs2)n1C[C@@H]1CCCO1. The highest BCUT2D eigenvalue weighted by molar-refractivity contribution is 7.99. The third-order valence-electron chi connectivity index (χ3n) is 4.24. The van der Waals surface area contributed by atoms with E-state index in [1.54, 1.807) is 12.5 Å². The van der Waals surface area contributed by atoms with E-state index in [2.05, 4.69) is 20.5 Å². The molecule has 8 nitrogen and oxygen atoms in total. The van der Waals surface area contributed by atoms with E-state index in [1.807, 2.05) is 22.9 Å². The number of hydrogen-bond donors (Lipinski definition) is 1. The molecule has 3 aromatic heterocycles. The molecule has 1 aliphatic rings. The minimum absolute atomic E-state index is 0.123. The number of carbonyl (C=O) groups excluding carboxylic acids is 1. The lowest BCUT2D eigenvalue weighted by Crippen LogP contribution is -2.18. The van der Waals surface area contributed by atoms with Crippen molar-refractivity contribution in [2.45, 2.75) is 37.6 Å². The number of carbonyl (C=O) groups is 1. The molecule has 1 atom stereocenters. The highest BCUT2D eigenvalue weighted by atomic mass is 32.2. The maximum atomic E-state index is 12.2. The second-order valence-electron chi connectivity index (χ2n) is 6.12. The third-order valence-corrected chi connectivity index (χ3v) is 5.89. The first-order chi connectivity index (χ1) is 13.2.